The second kappa shape index (κ2) is 7.53. The van der Waals surface area contributed by atoms with Crippen LogP contribution < -0.4 is 15.5 Å². The molecule has 3 rings (SSSR count). The Bertz CT molecular complexity index is 728. The van der Waals surface area contributed by atoms with Gasteiger partial charge >= 0.3 is 6.03 Å². The van der Waals surface area contributed by atoms with Crippen molar-refractivity contribution in [1.82, 2.24) is 10.3 Å². The quantitative estimate of drug-likeness (QED) is 0.782. The number of aromatic nitrogens is 1. The molecule has 0 fully saturated rings. The van der Waals surface area contributed by atoms with E-state index in [0.717, 1.165) is 30.0 Å². The molecule has 0 spiro atoms. The molecule has 0 unspecified atom stereocenters. The van der Waals surface area contributed by atoms with Crippen LogP contribution in [0.2, 0.25) is 0 Å². The first-order valence-electron chi connectivity index (χ1n) is 8.66. The highest BCUT2D eigenvalue weighted by atomic mass is 16.3. The first kappa shape index (κ1) is 17.2. The van der Waals surface area contributed by atoms with E-state index in [4.69, 9.17) is 0 Å². The Morgan fingerprint density at radius 2 is 2.00 bits per heavy atom. The lowest BCUT2D eigenvalue weighted by Crippen LogP contribution is -2.36. The normalized spacial score (nSPS) is 18.5. The predicted molar refractivity (Wildman–Crippen MR) is 98.8 cm³/mol. The fraction of sp³-hybridized carbons (Fsp3) is 0.368. The van der Waals surface area contributed by atoms with Crippen LogP contribution in [0.4, 0.5) is 16.3 Å². The van der Waals surface area contributed by atoms with E-state index in [1.807, 2.05) is 36.4 Å². The molecule has 6 nitrogen and oxygen atoms in total. The predicted octanol–water partition coefficient (Wildman–Crippen LogP) is 2.71. The second-order valence-electron chi connectivity index (χ2n) is 6.12. The Labute approximate surface area is 147 Å². The van der Waals surface area contributed by atoms with Crippen molar-refractivity contribution in [2.45, 2.75) is 32.4 Å². The maximum Gasteiger partial charge on any atom is 0.319 e. The van der Waals surface area contributed by atoms with Crippen LogP contribution in [0.3, 0.4) is 0 Å². The molecule has 3 N–H and O–H groups in total. The molecule has 0 radical (unpaired) electrons. The number of hydrogen-bond acceptors (Lipinski definition) is 4. The van der Waals surface area contributed by atoms with E-state index in [1.165, 1.54) is 0 Å². The molecule has 2 amide bonds. The highest BCUT2D eigenvalue weighted by molar-refractivity contribution is 5.89. The molecule has 0 bridgehead atoms. The first-order valence-corrected chi connectivity index (χ1v) is 8.66. The molecule has 132 valence electrons. The Morgan fingerprint density at radius 1 is 1.24 bits per heavy atom. The van der Waals surface area contributed by atoms with Crippen LogP contribution in [-0.2, 0) is 6.42 Å². The minimum absolute atomic E-state index is 0.349. The Hall–Kier alpha value is -2.60. The zero-order valence-electron chi connectivity index (χ0n) is 14.6. The van der Waals surface area contributed by atoms with Gasteiger partial charge in [0.05, 0.1) is 24.0 Å². The van der Waals surface area contributed by atoms with Crippen molar-refractivity contribution in [2.75, 3.05) is 23.3 Å². The van der Waals surface area contributed by atoms with E-state index < -0.39 is 6.10 Å². The summed E-state index contributed by atoms with van der Waals surface area (Å²) in [4.78, 5) is 18.8. The summed E-state index contributed by atoms with van der Waals surface area (Å²) < 4.78 is 0. The largest absolute Gasteiger partial charge is 0.390 e. The lowest BCUT2D eigenvalue weighted by Gasteiger charge is -2.20. The van der Waals surface area contributed by atoms with Crippen molar-refractivity contribution in [3.05, 3.63) is 53.7 Å². The average molecular weight is 340 g/mol. The molecular weight excluding hydrogens is 316 g/mol. The summed E-state index contributed by atoms with van der Waals surface area (Å²) in [6.07, 6.45) is 1.60. The number of rotatable bonds is 5. The molecule has 6 heteroatoms. The molecule has 1 aliphatic rings. The Morgan fingerprint density at radius 3 is 2.68 bits per heavy atom. The molecule has 1 aromatic carbocycles. The average Bonchev–Trinajstić information content (AvgIpc) is 2.93. The van der Waals surface area contributed by atoms with Gasteiger partial charge in [0.15, 0.2) is 0 Å². The summed E-state index contributed by atoms with van der Waals surface area (Å²) in [7, 11) is 0. The van der Waals surface area contributed by atoms with Crippen molar-refractivity contribution in [3.8, 4) is 0 Å². The Balaban J connectivity index is 1.63. The van der Waals surface area contributed by atoms with Crippen LogP contribution in [0.15, 0.2) is 42.6 Å². The zero-order valence-corrected chi connectivity index (χ0v) is 14.6. The molecule has 1 aromatic heterocycles. The molecule has 1 heterocycles. The van der Waals surface area contributed by atoms with E-state index in [2.05, 4.69) is 34.4 Å². The van der Waals surface area contributed by atoms with Gasteiger partial charge in [-0.3, -0.25) is 0 Å². The van der Waals surface area contributed by atoms with E-state index in [0.29, 0.717) is 12.1 Å². The molecule has 2 atom stereocenters. The van der Waals surface area contributed by atoms with Gasteiger partial charge in [-0.2, -0.15) is 0 Å². The minimum Gasteiger partial charge on any atom is -0.390 e. The molecular formula is C19H24N4O2. The topological polar surface area (TPSA) is 77.5 Å². The summed E-state index contributed by atoms with van der Waals surface area (Å²) >= 11 is 0. The summed E-state index contributed by atoms with van der Waals surface area (Å²) in [5.74, 6) is 0.885. The van der Waals surface area contributed by atoms with Crippen molar-refractivity contribution >= 4 is 17.5 Å². The van der Waals surface area contributed by atoms with Gasteiger partial charge in [-0.1, -0.05) is 24.3 Å². The van der Waals surface area contributed by atoms with Gasteiger partial charge < -0.3 is 20.6 Å². The standard InChI is InChI=1S/C19H24N4O2/c1-3-23(4-2)17-10-9-14(12-20-17)21-19(25)22-18-15-8-6-5-7-13(15)11-16(18)24/h5-10,12,16,18,24H,3-4,11H2,1-2H3,(H2,21,22,25)/t16-,18+/m1/s1. The fourth-order valence-electron chi connectivity index (χ4n) is 3.25. The molecule has 25 heavy (non-hydrogen) atoms. The van der Waals surface area contributed by atoms with Gasteiger partial charge in [-0.05, 0) is 37.1 Å². The van der Waals surface area contributed by atoms with Crippen LogP contribution >= 0.6 is 0 Å². The number of nitrogens with zero attached hydrogens (tertiary/aromatic N) is 2. The number of hydrogen-bond donors (Lipinski definition) is 3. The van der Waals surface area contributed by atoms with Gasteiger partial charge in [0, 0.05) is 19.5 Å². The van der Waals surface area contributed by atoms with Gasteiger partial charge in [-0.25, -0.2) is 9.78 Å². The number of carbonyl (C=O) groups is 1. The third kappa shape index (κ3) is 3.74. The number of aliphatic hydroxyl groups excluding tert-OH is 1. The fourth-order valence-corrected chi connectivity index (χ4v) is 3.25. The lowest BCUT2D eigenvalue weighted by molar-refractivity contribution is 0.144. The van der Waals surface area contributed by atoms with Crippen LogP contribution in [0, 0.1) is 0 Å². The van der Waals surface area contributed by atoms with Crippen LogP contribution in [0.1, 0.15) is 31.0 Å². The van der Waals surface area contributed by atoms with Crippen molar-refractivity contribution in [1.29, 1.82) is 0 Å². The van der Waals surface area contributed by atoms with E-state index in [1.54, 1.807) is 6.20 Å². The monoisotopic (exact) mass is 340 g/mol. The molecule has 0 saturated carbocycles. The van der Waals surface area contributed by atoms with E-state index >= 15 is 0 Å². The summed E-state index contributed by atoms with van der Waals surface area (Å²) in [6.45, 7) is 5.93. The number of carbonyl (C=O) groups excluding carboxylic acids is 1. The third-order valence-electron chi connectivity index (χ3n) is 4.58. The number of benzene rings is 1. The van der Waals surface area contributed by atoms with Crippen molar-refractivity contribution in [3.63, 3.8) is 0 Å². The highest BCUT2D eigenvalue weighted by Crippen LogP contribution is 2.31. The van der Waals surface area contributed by atoms with Gasteiger partial charge in [-0.15, -0.1) is 0 Å². The van der Waals surface area contributed by atoms with Gasteiger partial charge in [0.1, 0.15) is 5.82 Å². The van der Waals surface area contributed by atoms with Crippen LogP contribution in [0.25, 0.3) is 0 Å². The number of urea groups is 1. The van der Waals surface area contributed by atoms with Gasteiger partial charge in [0.2, 0.25) is 0 Å². The highest BCUT2D eigenvalue weighted by Gasteiger charge is 2.31. The maximum atomic E-state index is 12.3. The molecule has 0 saturated heterocycles. The number of fused-ring (bicyclic) bond motifs is 1. The maximum absolute atomic E-state index is 12.3. The van der Waals surface area contributed by atoms with E-state index in [9.17, 15) is 9.90 Å². The third-order valence-corrected chi connectivity index (χ3v) is 4.58. The number of nitrogens with one attached hydrogen (secondary N) is 2. The smallest absolute Gasteiger partial charge is 0.319 e. The summed E-state index contributed by atoms with van der Waals surface area (Å²) in [5, 5.41) is 15.9. The van der Waals surface area contributed by atoms with Crippen LogP contribution in [0.5, 0.6) is 0 Å². The lowest BCUT2D eigenvalue weighted by atomic mass is 10.1. The van der Waals surface area contributed by atoms with Crippen LogP contribution in [-0.4, -0.2) is 35.3 Å². The number of pyridine rings is 1. The van der Waals surface area contributed by atoms with Gasteiger partial charge in [0.25, 0.3) is 0 Å². The minimum atomic E-state index is -0.605. The summed E-state index contributed by atoms with van der Waals surface area (Å²) in [5.41, 5.74) is 2.67. The Kier molecular flexibility index (Phi) is 5.19. The molecule has 1 aliphatic carbocycles. The zero-order chi connectivity index (χ0) is 17.8. The van der Waals surface area contributed by atoms with Crippen molar-refractivity contribution < 1.29 is 9.90 Å². The number of amides is 2. The SMILES string of the molecule is CCN(CC)c1ccc(NC(=O)N[C@H]2c3ccccc3C[C@H]2O)cn1. The molecule has 0 aliphatic heterocycles. The van der Waals surface area contributed by atoms with Crippen molar-refractivity contribution in [2.24, 2.45) is 0 Å². The number of aliphatic hydroxyl groups is 1. The summed E-state index contributed by atoms with van der Waals surface area (Å²) in [6, 6.07) is 10.8. The molecule has 2 aromatic rings. The number of anilines is 2. The second-order valence-corrected chi connectivity index (χ2v) is 6.12. The van der Waals surface area contributed by atoms with E-state index in [-0.39, 0.29) is 12.1 Å². The first-order chi connectivity index (χ1) is 12.1.